The van der Waals surface area contributed by atoms with Crippen LogP contribution in [0.4, 0.5) is 0 Å². The fourth-order valence-corrected chi connectivity index (χ4v) is 3.59. The molecule has 0 unspecified atom stereocenters. The van der Waals surface area contributed by atoms with Gasteiger partial charge in [-0.15, -0.1) is 0 Å². The summed E-state index contributed by atoms with van der Waals surface area (Å²) in [5.74, 6) is 2.92. The lowest BCUT2D eigenvalue weighted by Gasteiger charge is -2.13. The van der Waals surface area contributed by atoms with Crippen LogP contribution in [0.25, 0.3) is 0 Å². The molecule has 0 bridgehead atoms. The summed E-state index contributed by atoms with van der Waals surface area (Å²) in [6.07, 6.45) is 4.81. The van der Waals surface area contributed by atoms with E-state index in [2.05, 4.69) is 57.1 Å². The van der Waals surface area contributed by atoms with Crippen LogP contribution < -0.4 is 4.74 Å². The van der Waals surface area contributed by atoms with Gasteiger partial charge in [-0.05, 0) is 42.6 Å². The lowest BCUT2D eigenvalue weighted by molar-refractivity contribution is 0.301. The standard InChI is InChI=1S/C21H27N5O/c1-15(2)16-3-5-19(6-4-16)27-14-18-11-20(25-24-18)17-7-10-26(12-17)13-21-22-8-9-23-21/h3-6,8-9,11,15,17H,7,10,12-14H2,1-2H3,(H,22,23)(H,24,25)/t17-/m1/s1. The predicted molar refractivity (Wildman–Crippen MR) is 105 cm³/mol. The number of nitrogens with zero attached hydrogens (tertiary/aromatic N) is 3. The zero-order valence-electron chi connectivity index (χ0n) is 16.0. The lowest BCUT2D eigenvalue weighted by Crippen LogP contribution is -2.20. The summed E-state index contributed by atoms with van der Waals surface area (Å²) in [6, 6.07) is 10.5. The van der Waals surface area contributed by atoms with E-state index in [4.69, 9.17) is 4.74 Å². The first-order chi connectivity index (χ1) is 13.2. The van der Waals surface area contributed by atoms with Gasteiger partial charge >= 0.3 is 0 Å². The highest BCUT2D eigenvalue weighted by molar-refractivity contribution is 5.29. The third-order valence-corrected chi connectivity index (χ3v) is 5.21. The molecule has 1 atom stereocenters. The molecule has 0 aliphatic carbocycles. The van der Waals surface area contributed by atoms with E-state index in [0.29, 0.717) is 18.4 Å². The molecule has 6 heteroatoms. The number of aromatic nitrogens is 4. The van der Waals surface area contributed by atoms with Crippen LogP contribution in [0.3, 0.4) is 0 Å². The van der Waals surface area contributed by atoms with E-state index in [1.807, 2.05) is 18.3 Å². The van der Waals surface area contributed by atoms with Crippen molar-refractivity contribution < 1.29 is 4.74 Å². The topological polar surface area (TPSA) is 69.8 Å². The maximum atomic E-state index is 5.90. The minimum Gasteiger partial charge on any atom is -0.487 e. The molecule has 1 aromatic carbocycles. The molecule has 6 nitrogen and oxygen atoms in total. The molecule has 3 aromatic rings. The molecule has 27 heavy (non-hydrogen) atoms. The van der Waals surface area contributed by atoms with Crippen molar-refractivity contribution >= 4 is 0 Å². The van der Waals surface area contributed by atoms with E-state index in [1.165, 1.54) is 5.56 Å². The zero-order chi connectivity index (χ0) is 18.6. The first-order valence-electron chi connectivity index (χ1n) is 9.65. The van der Waals surface area contributed by atoms with Crippen molar-refractivity contribution in [2.45, 2.75) is 45.3 Å². The second-order valence-electron chi connectivity index (χ2n) is 7.59. The van der Waals surface area contributed by atoms with Crippen LogP contribution >= 0.6 is 0 Å². The Morgan fingerprint density at radius 1 is 1.26 bits per heavy atom. The van der Waals surface area contributed by atoms with Gasteiger partial charge in [0, 0.05) is 24.9 Å². The molecular formula is C21H27N5O. The maximum absolute atomic E-state index is 5.90. The summed E-state index contributed by atoms with van der Waals surface area (Å²) in [5, 5.41) is 7.66. The van der Waals surface area contributed by atoms with Crippen molar-refractivity contribution in [2.24, 2.45) is 0 Å². The van der Waals surface area contributed by atoms with E-state index in [1.54, 1.807) is 6.20 Å². The molecule has 0 radical (unpaired) electrons. The molecular weight excluding hydrogens is 338 g/mol. The predicted octanol–water partition coefficient (Wildman–Crippen LogP) is 3.82. The highest BCUT2D eigenvalue weighted by Gasteiger charge is 2.26. The third-order valence-electron chi connectivity index (χ3n) is 5.21. The van der Waals surface area contributed by atoms with E-state index < -0.39 is 0 Å². The van der Waals surface area contributed by atoms with Gasteiger partial charge in [-0.1, -0.05) is 26.0 Å². The Hall–Kier alpha value is -2.60. The molecule has 1 aliphatic rings. The highest BCUT2D eigenvalue weighted by Crippen LogP contribution is 2.27. The largest absolute Gasteiger partial charge is 0.487 e. The van der Waals surface area contributed by atoms with Crippen molar-refractivity contribution in [3.63, 3.8) is 0 Å². The minimum absolute atomic E-state index is 0.468. The van der Waals surface area contributed by atoms with Gasteiger partial charge in [0.25, 0.3) is 0 Å². The van der Waals surface area contributed by atoms with Crippen LogP contribution in [0.2, 0.25) is 0 Å². The van der Waals surface area contributed by atoms with Crippen molar-refractivity contribution in [3.05, 3.63) is 65.5 Å². The molecule has 4 rings (SSSR count). The molecule has 142 valence electrons. The number of aromatic amines is 2. The monoisotopic (exact) mass is 365 g/mol. The van der Waals surface area contributed by atoms with Crippen LogP contribution in [0.5, 0.6) is 5.75 Å². The van der Waals surface area contributed by atoms with Crippen molar-refractivity contribution in [2.75, 3.05) is 13.1 Å². The summed E-state index contributed by atoms with van der Waals surface area (Å²) in [6.45, 7) is 7.86. The molecule has 0 spiro atoms. The van der Waals surface area contributed by atoms with Crippen molar-refractivity contribution in [3.8, 4) is 5.75 Å². The Labute approximate surface area is 160 Å². The number of ether oxygens (including phenoxy) is 1. The molecule has 3 heterocycles. The van der Waals surface area contributed by atoms with Gasteiger partial charge in [-0.3, -0.25) is 10.00 Å². The molecule has 0 amide bonds. The Balaban J connectivity index is 1.29. The van der Waals surface area contributed by atoms with Gasteiger partial charge in [0.05, 0.1) is 17.9 Å². The Bertz CT molecular complexity index is 838. The van der Waals surface area contributed by atoms with Gasteiger partial charge in [0.2, 0.25) is 0 Å². The van der Waals surface area contributed by atoms with Gasteiger partial charge in [0.1, 0.15) is 18.2 Å². The van der Waals surface area contributed by atoms with Gasteiger partial charge in [0.15, 0.2) is 0 Å². The number of imidazole rings is 1. The van der Waals surface area contributed by atoms with E-state index in [0.717, 1.165) is 49.0 Å². The Morgan fingerprint density at radius 2 is 2.11 bits per heavy atom. The number of hydrogen-bond acceptors (Lipinski definition) is 4. The summed E-state index contributed by atoms with van der Waals surface area (Å²) < 4.78 is 5.90. The van der Waals surface area contributed by atoms with Crippen LogP contribution in [-0.2, 0) is 13.2 Å². The average Bonchev–Trinajstić information content (AvgIpc) is 3.42. The summed E-state index contributed by atoms with van der Waals surface area (Å²) in [7, 11) is 0. The van der Waals surface area contributed by atoms with Crippen LogP contribution in [-0.4, -0.2) is 38.2 Å². The normalized spacial score (nSPS) is 17.7. The van der Waals surface area contributed by atoms with Crippen LogP contribution in [0, 0.1) is 0 Å². The smallest absolute Gasteiger partial charge is 0.130 e. The Morgan fingerprint density at radius 3 is 2.85 bits per heavy atom. The van der Waals surface area contributed by atoms with Gasteiger partial charge in [-0.25, -0.2) is 4.98 Å². The third kappa shape index (κ3) is 4.39. The quantitative estimate of drug-likeness (QED) is 0.668. The minimum atomic E-state index is 0.468. The number of hydrogen-bond donors (Lipinski definition) is 2. The van der Waals surface area contributed by atoms with Crippen LogP contribution in [0.1, 0.15) is 54.9 Å². The molecule has 1 fully saturated rings. The molecule has 1 saturated heterocycles. The molecule has 2 aromatic heterocycles. The fourth-order valence-electron chi connectivity index (χ4n) is 3.59. The fraction of sp³-hybridized carbons (Fsp3) is 0.429. The summed E-state index contributed by atoms with van der Waals surface area (Å²) in [4.78, 5) is 9.91. The SMILES string of the molecule is CC(C)c1ccc(OCc2cc([C@@H]3CCN(Cc4ncc[nH]4)C3)n[nH]2)cc1. The van der Waals surface area contributed by atoms with E-state index in [9.17, 15) is 0 Å². The second kappa shape index (κ2) is 7.96. The van der Waals surface area contributed by atoms with Crippen molar-refractivity contribution in [1.29, 1.82) is 0 Å². The highest BCUT2D eigenvalue weighted by atomic mass is 16.5. The average molecular weight is 365 g/mol. The first kappa shape index (κ1) is 17.8. The first-order valence-corrected chi connectivity index (χ1v) is 9.65. The van der Waals surface area contributed by atoms with E-state index >= 15 is 0 Å². The second-order valence-corrected chi connectivity index (χ2v) is 7.59. The molecule has 0 saturated carbocycles. The van der Waals surface area contributed by atoms with Gasteiger partial charge in [-0.2, -0.15) is 5.10 Å². The molecule has 2 N–H and O–H groups in total. The van der Waals surface area contributed by atoms with Gasteiger partial charge < -0.3 is 9.72 Å². The summed E-state index contributed by atoms with van der Waals surface area (Å²) in [5.41, 5.74) is 3.47. The zero-order valence-corrected chi connectivity index (χ0v) is 16.0. The number of likely N-dealkylation sites (tertiary alicyclic amines) is 1. The lowest BCUT2D eigenvalue weighted by atomic mass is 10.0. The number of H-pyrrole nitrogens is 2. The number of benzene rings is 1. The maximum Gasteiger partial charge on any atom is 0.130 e. The molecule has 1 aliphatic heterocycles. The van der Waals surface area contributed by atoms with Crippen molar-refractivity contribution in [1.82, 2.24) is 25.1 Å². The number of rotatable bonds is 7. The summed E-state index contributed by atoms with van der Waals surface area (Å²) >= 11 is 0. The number of nitrogens with one attached hydrogen (secondary N) is 2. The van der Waals surface area contributed by atoms with E-state index in [-0.39, 0.29) is 0 Å². The Kier molecular flexibility index (Phi) is 5.25. The van der Waals surface area contributed by atoms with Crippen LogP contribution in [0.15, 0.2) is 42.7 Å².